The molecule has 5 nitrogen and oxygen atoms in total. The summed E-state index contributed by atoms with van der Waals surface area (Å²) in [5, 5.41) is 9.14. The number of carboxylic acids is 1. The summed E-state index contributed by atoms with van der Waals surface area (Å²) < 4.78 is 11.0. The molecule has 106 valence electrons. The second-order valence-electron chi connectivity index (χ2n) is 5.55. The van der Waals surface area contributed by atoms with Gasteiger partial charge in [0.15, 0.2) is 5.78 Å². The van der Waals surface area contributed by atoms with Crippen molar-refractivity contribution in [2.24, 2.45) is 0 Å². The number of aliphatic carboxylic acids is 1. The third kappa shape index (κ3) is 3.44. The highest BCUT2D eigenvalue weighted by Gasteiger charge is 2.34. The first kappa shape index (κ1) is 15.4. The van der Waals surface area contributed by atoms with E-state index in [9.17, 15) is 9.59 Å². The van der Waals surface area contributed by atoms with E-state index in [1.54, 1.807) is 13.8 Å². The van der Waals surface area contributed by atoms with Crippen LogP contribution in [0.3, 0.4) is 0 Å². The Morgan fingerprint density at radius 3 is 2.16 bits per heavy atom. The first-order valence-corrected chi connectivity index (χ1v) is 6.05. The lowest BCUT2D eigenvalue weighted by atomic mass is 9.94. The molecule has 1 rings (SSSR count). The fourth-order valence-electron chi connectivity index (χ4n) is 2.00. The van der Waals surface area contributed by atoms with Crippen molar-refractivity contribution in [3.8, 4) is 0 Å². The molecule has 0 spiro atoms. The van der Waals surface area contributed by atoms with Crippen molar-refractivity contribution in [3.63, 3.8) is 0 Å². The Balaban J connectivity index is 3.29. The van der Waals surface area contributed by atoms with Crippen LogP contribution in [-0.2, 0) is 19.1 Å². The smallest absolute Gasteiger partial charge is 0.371 e. The van der Waals surface area contributed by atoms with Gasteiger partial charge in [-0.2, -0.15) is 0 Å². The van der Waals surface area contributed by atoms with E-state index in [0.29, 0.717) is 16.7 Å². The van der Waals surface area contributed by atoms with E-state index in [1.165, 1.54) is 6.92 Å². The fourth-order valence-corrected chi connectivity index (χ4v) is 2.00. The lowest BCUT2D eigenvalue weighted by Gasteiger charge is -2.33. The van der Waals surface area contributed by atoms with Gasteiger partial charge >= 0.3 is 5.97 Å². The number of rotatable bonds is 3. The number of ketones is 1. The van der Waals surface area contributed by atoms with Crippen LogP contribution in [0.25, 0.3) is 0 Å². The van der Waals surface area contributed by atoms with Crippen LogP contribution in [0.4, 0.5) is 0 Å². The lowest BCUT2D eigenvalue weighted by Crippen LogP contribution is -2.35. The molecule has 5 heteroatoms. The number of hydrogen-bond donors (Lipinski definition) is 1. The standard InChI is InChI=1S/C14H20O5/c1-7-10(9(3)15)8(2)13(19-14(4,5)6)18-11(7)12(16)17/h13H,1-6H3,(H,16,17). The lowest BCUT2D eigenvalue weighted by molar-refractivity contribution is -0.170. The number of ether oxygens (including phenoxy) is 2. The molecule has 19 heavy (non-hydrogen) atoms. The summed E-state index contributed by atoms with van der Waals surface area (Å²) in [4.78, 5) is 22.9. The first-order valence-electron chi connectivity index (χ1n) is 6.05. The largest absolute Gasteiger partial charge is 0.475 e. The molecule has 0 saturated carbocycles. The van der Waals surface area contributed by atoms with Crippen LogP contribution in [0.1, 0.15) is 41.5 Å². The maximum Gasteiger partial charge on any atom is 0.371 e. The molecule has 0 fully saturated rings. The van der Waals surface area contributed by atoms with Crippen LogP contribution in [0.2, 0.25) is 0 Å². The molecule has 0 bridgehead atoms. The van der Waals surface area contributed by atoms with E-state index in [2.05, 4.69) is 0 Å². The van der Waals surface area contributed by atoms with Crippen LogP contribution in [-0.4, -0.2) is 28.8 Å². The van der Waals surface area contributed by atoms with Gasteiger partial charge in [-0.05, 0) is 41.5 Å². The average molecular weight is 268 g/mol. The van der Waals surface area contributed by atoms with Crippen molar-refractivity contribution >= 4 is 11.8 Å². The third-order valence-electron chi connectivity index (χ3n) is 2.70. The maximum absolute atomic E-state index is 11.7. The van der Waals surface area contributed by atoms with Gasteiger partial charge in [0.25, 0.3) is 0 Å². The normalized spacial score (nSPS) is 20.4. The van der Waals surface area contributed by atoms with Crippen molar-refractivity contribution in [2.75, 3.05) is 0 Å². The molecule has 0 aromatic heterocycles. The molecule has 1 N–H and O–H groups in total. The Hall–Kier alpha value is -1.62. The van der Waals surface area contributed by atoms with Crippen LogP contribution in [0.15, 0.2) is 22.5 Å². The zero-order chi connectivity index (χ0) is 15.0. The van der Waals surface area contributed by atoms with Crippen molar-refractivity contribution in [1.82, 2.24) is 0 Å². The van der Waals surface area contributed by atoms with Gasteiger partial charge in [-0.1, -0.05) is 0 Å². The van der Waals surface area contributed by atoms with E-state index >= 15 is 0 Å². The van der Waals surface area contributed by atoms with Crippen LogP contribution < -0.4 is 0 Å². The molecule has 1 aliphatic heterocycles. The molecule has 0 radical (unpaired) electrons. The summed E-state index contributed by atoms with van der Waals surface area (Å²) in [7, 11) is 0. The van der Waals surface area contributed by atoms with Gasteiger partial charge in [-0.25, -0.2) is 4.79 Å². The Morgan fingerprint density at radius 2 is 1.79 bits per heavy atom. The van der Waals surface area contributed by atoms with Crippen LogP contribution in [0, 0.1) is 0 Å². The van der Waals surface area contributed by atoms with Gasteiger partial charge < -0.3 is 14.6 Å². The third-order valence-corrected chi connectivity index (χ3v) is 2.70. The number of allylic oxidation sites excluding steroid dienone is 2. The molecule has 0 saturated heterocycles. The van der Waals surface area contributed by atoms with E-state index in [4.69, 9.17) is 14.6 Å². The second kappa shape index (κ2) is 5.17. The van der Waals surface area contributed by atoms with Crippen molar-refractivity contribution in [1.29, 1.82) is 0 Å². The number of carboxylic acid groups (broad SMARTS) is 1. The second-order valence-corrected chi connectivity index (χ2v) is 5.55. The highest BCUT2D eigenvalue weighted by molar-refractivity contribution is 6.01. The summed E-state index contributed by atoms with van der Waals surface area (Å²) >= 11 is 0. The quantitative estimate of drug-likeness (QED) is 0.851. The van der Waals surface area contributed by atoms with Gasteiger partial charge in [-0.3, -0.25) is 4.79 Å². The molecule has 0 aliphatic carbocycles. The van der Waals surface area contributed by atoms with Crippen LogP contribution >= 0.6 is 0 Å². The average Bonchev–Trinajstić information content (AvgIpc) is 2.19. The van der Waals surface area contributed by atoms with Gasteiger partial charge in [0.05, 0.1) is 5.60 Å². The molecule has 1 heterocycles. The fraction of sp³-hybridized carbons (Fsp3) is 0.571. The minimum Gasteiger partial charge on any atom is -0.475 e. The number of carbonyl (C=O) groups excluding carboxylic acids is 1. The molecule has 1 atom stereocenters. The zero-order valence-corrected chi connectivity index (χ0v) is 12.2. The molecule has 0 aromatic rings. The predicted molar refractivity (Wildman–Crippen MR) is 69.4 cm³/mol. The van der Waals surface area contributed by atoms with E-state index in [-0.39, 0.29) is 11.5 Å². The minimum atomic E-state index is -1.20. The molecular formula is C14H20O5. The summed E-state index contributed by atoms with van der Waals surface area (Å²) in [6.45, 7) is 10.2. The van der Waals surface area contributed by atoms with E-state index in [0.717, 1.165) is 0 Å². The first-order chi connectivity index (χ1) is 8.54. The van der Waals surface area contributed by atoms with E-state index < -0.39 is 17.9 Å². The van der Waals surface area contributed by atoms with Gasteiger partial charge in [0, 0.05) is 16.7 Å². The highest BCUT2D eigenvalue weighted by Crippen LogP contribution is 2.32. The topological polar surface area (TPSA) is 72.8 Å². The highest BCUT2D eigenvalue weighted by atomic mass is 16.7. The number of Topliss-reactive ketones (excluding diaryl/α,β-unsaturated/α-hetero) is 1. The summed E-state index contributed by atoms with van der Waals surface area (Å²) in [5.41, 5.74) is 0.803. The minimum absolute atomic E-state index is 0.195. The van der Waals surface area contributed by atoms with Crippen molar-refractivity contribution in [2.45, 2.75) is 53.4 Å². The van der Waals surface area contributed by atoms with Gasteiger partial charge in [0.2, 0.25) is 12.0 Å². The number of hydrogen-bond acceptors (Lipinski definition) is 4. The molecule has 0 amide bonds. The Labute approximate surface area is 112 Å². The number of carbonyl (C=O) groups is 2. The van der Waals surface area contributed by atoms with Crippen LogP contribution in [0.5, 0.6) is 0 Å². The van der Waals surface area contributed by atoms with Gasteiger partial charge in [0.1, 0.15) is 0 Å². The summed E-state index contributed by atoms with van der Waals surface area (Å²) in [6, 6.07) is 0. The molecule has 1 aliphatic rings. The summed E-state index contributed by atoms with van der Waals surface area (Å²) in [6.07, 6.45) is -0.853. The summed E-state index contributed by atoms with van der Waals surface area (Å²) in [5.74, 6) is -1.63. The monoisotopic (exact) mass is 268 g/mol. The Bertz CT molecular complexity index is 477. The van der Waals surface area contributed by atoms with E-state index in [1.807, 2.05) is 20.8 Å². The van der Waals surface area contributed by atoms with Crippen molar-refractivity contribution in [3.05, 3.63) is 22.5 Å². The van der Waals surface area contributed by atoms with Crippen molar-refractivity contribution < 1.29 is 24.2 Å². The zero-order valence-electron chi connectivity index (χ0n) is 12.2. The maximum atomic E-state index is 11.7. The molecule has 1 unspecified atom stereocenters. The molecular weight excluding hydrogens is 248 g/mol. The molecule has 0 aromatic carbocycles. The Kier molecular flexibility index (Phi) is 4.20. The SMILES string of the molecule is CC(=O)C1=C(C)C(OC(C)(C)C)OC(C(=O)O)=C1C. The van der Waals surface area contributed by atoms with Gasteiger partial charge in [-0.15, -0.1) is 0 Å². The predicted octanol–water partition coefficient (Wildman–Crippen LogP) is 2.42. The Morgan fingerprint density at radius 1 is 1.26 bits per heavy atom.